The van der Waals surface area contributed by atoms with Gasteiger partial charge in [-0.3, -0.25) is 4.79 Å². The molecule has 0 bridgehead atoms. The molecule has 1 aromatic carbocycles. The van der Waals surface area contributed by atoms with E-state index in [1.165, 1.54) is 5.56 Å². The molecule has 114 valence electrons. The molecule has 5 nitrogen and oxygen atoms in total. The van der Waals surface area contributed by atoms with E-state index in [9.17, 15) is 14.7 Å². The highest BCUT2D eigenvalue weighted by Gasteiger charge is 2.30. The van der Waals surface area contributed by atoms with Crippen molar-refractivity contribution in [2.75, 3.05) is 0 Å². The Kier molecular flexibility index (Phi) is 4.96. The van der Waals surface area contributed by atoms with E-state index < -0.39 is 12.0 Å². The molecule has 3 N–H and O–H groups in total. The Morgan fingerprint density at radius 1 is 1.38 bits per heavy atom. The van der Waals surface area contributed by atoms with Crippen LogP contribution in [-0.2, 0) is 22.6 Å². The lowest BCUT2D eigenvalue weighted by molar-refractivity contribution is -0.143. The lowest BCUT2D eigenvalue weighted by Crippen LogP contribution is -2.54. The molecule has 1 aliphatic heterocycles. The number of benzene rings is 1. The smallest absolute Gasteiger partial charge is 0.326 e. The summed E-state index contributed by atoms with van der Waals surface area (Å²) in [4.78, 5) is 23.6. The van der Waals surface area contributed by atoms with Gasteiger partial charge in [-0.25, -0.2) is 4.79 Å². The van der Waals surface area contributed by atoms with Gasteiger partial charge in [0.05, 0.1) is 6.04 Å². The first kappa shape index (κ1) is 15.5. The van der Waals surface area contributed by atoms with Gasteiger partial charge in [0, 0.05) is 6.54 Å². The molecular weight excluding hydrogens is 268 g/mol. The number of fused-ring (bicyclic) bond motifs is 1. The van der Waals surface area contributed by atoms with Gasteiger partial charge in [0.2, 0.25) is 5.91 Å². The number of rotatable bonds is 5. The molecule has 1 aromatic rings. The maximum Gasteiger partial charge on any atom is 0.326 e. The number of carboxylic acids is 1. The topological polar surface area (TPSA) is 78.4 Å². The van der Waals surface area contributed by atoms with Crippen LogP contribution in [0.15, 0.2) is 24.3 Å². The van der Waals surface area contributed by atoms with Crippen LogP contribution < -0.4 is 10.6 Å². The first-order valence-electron chi connectivity index (χ1n) is 7.36. The van der Waals surface area contributed by atoms with E-state index in [0.29, 0.717) is 19.4 Å². The third-order valence-electron chi connectivity index (χ3n) is 4.17. The van der Waals surface area contributed by atoms with Gasteiger partial charge in [-0.2, -0.15) is 0 Å². The molecule has 0 fully saturated rings. The van der Waals surface area contributed by atoms with Crippen molar-refractivity contribution in [2.45, 2.75) is 45.3 Å². The largest absolute Gasteiger partial charge is 0.480 e. The molecular formula is C16H22N2O3. The van der Waals surface area contributed by atoms with Gasteiger partial charge < -0.3 is 15.7 Å². The van der Waals surface area contributed by atoms with E-state index in [4.69, 9.17) is 0 Å². The van der Waals surface area contributed by atoms with E-state index in [0.717, 1.165) is 5.56 Å². The minimum absolute atomic E-state index is 0.0951. The second-order valence-electron chi connectivity index (χ2n) is 5.62. The van der Waals surface area contributed by atoms with E-state index >= 15 is 0 Å². The van der Waals surface area contributed by atoms with Crippen LogP contribution in [0.1, 0.15) is 31.4 Å². The molecule has 0 spiro atoms. The quantitative estimate of drug-likeness (QED) is 0.764. The standard InChI is InChI=1S/C16H22N2O3/c1-3-10(2)14(16(20)21)18-15(19)13-8-11-6-4-5-7-12(11)9-17-13/h4-7,10,13-14,17H,3,8-9H2,1-2H3,(H,18,19)(H,20,21)/t10-,13+,14-/m0/s1. The molecule has 3 atom stereocenters. The Balaban J connectivity index is 2.03. The molecule has 0 unspecified atom stereocenters. The molecule has 0 aliphatic carbocycles. The Bertz CT molecular complexity index is 530. The predicted octanol–water partition coefficient (Wildman–Crippen LogP) is 1.32. The number of amides is 1. The summed E-state index contributed by atoms with van der Waals surface area (Å²) in [5.74, 6) is -1.31. The fourth-order valence-electron chi connectivity index (χ4n) is 2.58. The van der Waals surface area contributed by atoms with E-state index in [-0.39, 0.29) is 17.9 Å². The van der Waals surface area contributed by atoms with Crippen LogP contribution in [0.25, 0.3) is 0 Å². The van der Waals surface area contributed by atoms with Crippen molar-refractivity contribution in [2.24, 2.45) is 5.92 Å². The van der Waals surface area contributed by atoms with E-state index in [2.05, 4.69) is 10.6 Å². The van der Waals surface area contributed by atoms with E-state index in [1.807, 2.05) is 38.1 Å². The number of nitrogens with one attached hydrogen (secondary N) is 2. The van der Waals surface area contributed by atoms with Crippen molar-refractivity contribution in [3.63, 3.8) is 0 Å². The van der Waals surface area contributed by atoms with Crippen molar-refractivity contribution < 1.29 is 14.7 Å². The molecule has 1 aliphatic rings. The highest BCUT2D eigenvalue weighted by molar-refractivity contribution is 5.87. The van der Waals surface area contributed by atoms with Gasteiger partial charge in [0.15, 0.2) is 0 Å². The van der Waals surface area contributed by atoms with Gasteiger partial charge in [-0.1, -0.05) is 44.5 Å². The maximum absolute atomic E-state index is 12.3. The second-order valence-corrected chi connectivity index (χ2v) is 5.62. The molecule has 0 saturated heterocycles. The zero-order valence-electron chi connectivity index (χ0n) is 12.4. The summed E-state index contributed by atoms with van der Waals surface area (Å²) in [7, 11) is 0. The van der Waals surface area contributed by atoms with Crippen molar-refractivity contribution >= 4 is 11.9 Å². The minimum Gasteiger partial charge on any atom is -0.480 e. The lowest BCUT2D eigenvalue weighted by atomic mass is 9.94. The Hall–Kier alpha value is -1.88. The lowest BCUT2D eigenvalue weighted by Gasteiger charge is -2.28. The molecule has 21 heavy (non-hydrogen) atoms. The predicted molar refractivity (Wildman–Crippen MR) is 79.8 cm³/mol. The molecule has 0 saturated carbocycles. The average Bonchev–Trinajstić information content (AvgIpc) is 2.50. The van der Waals surface area contributed by atoms with Crippen molar-refractivity contribution in [3.8, 4) is 0 Å². The summed E-state index contributed by atoms with van der Waals surface area (Å²) < 4.78 is 0. The van der Waals surface area contributed by atoms with E-state index in [1.54, 1.807) is 0 Å². The number of hydrogen-bond acceptors (Lipinski definition) is 3. The van der Waals surface area contributed by atoms with Gasteiger partial charge in [-0.15, -0.1) is 0 Å². The van der Waals surface area contributed by atoms with Crippen LogP contribution in [0.2, 0.25) is 0 Å². The number of aliphatic carboxylic acids is 1. The van der Waals surface area contributed by atoms with Crippen LogP contribution in [0.4, 0.5) is 0 Å². The number of carbonyl (C=O) groups is 2. The van der Waals surface area contributed by atoms with Crippen LogP contribution in [0.3, 0.4) is 0 Å². The molecule has 0 radical (unpaired) electrons. The van der Waals surface area contributed by atoms with Gasteiger partial charge in [-0.05, 0) is 23.5 Å². The third-order valence-corrected chi connectivity index (χ3v) is 4.17. The van der Waals surface area contributed by atoms with Gasteiger partial charge in [0.25, 0.3) is 0 Å². The summed E-state index contributed by atoms with van der Waals surface area (Å²) in [6.45, 7) is 4.39. The van der Waals surface area contributed by atoms with Crippen LogP contribution in [0.5, 0.6) is 0 Å². The zero-order chi connectivity index (χ0) is 15.4. The highest BCUT2D eigenvalue weighted by atomic mass is 16.4. The third kappa shape index (κ3) is 3.61. The molecule has 5 heteroatoms. The number of hydrogen-bond donors (Lipinski definition) is 3. The summed E-state index contributed by atoms with van der Waals surface area (Å²) in [6.07, 6.45) is 1.30. The van der Waals surface area contributed by atoms with Crippen molar-refractivity contribution in [1.82, 2.24) is 10.6 Å². The number of carbonyl (C=O) groups excluding carboxylic acids is 1. The fraction of sp³-hybridized carbons (Fsp3) is 0.500. The van der Waals surface area contributed by atoms with Crippen LogP contribution >= 0.6 is 0 Å². The fourth-order valence-corrected chi connectivity index (χ4v) is 2.58. The zero-order valence-corrected chi connectivity index (χ0v) is 12.4. The normalized spacial score (nSPS) is 20.2. The molecule has 2 rings (SSSR count). The monoisotopic (exact) mass is 290 g/mol. The molecule has 1 amide bonds. The van der Waals surface area contributed by atoms with Crippen LogP contribution in [0, 0.1) is 5.92 Å². The first-order chi connectivity index (χ1) is 10.0. The Morgan fingerprint density at radius 2 is 2.05 bits per heavy atom. The second kappa shape index (κ2) is 6.72. The minimum atomic E-state index is -0.978. The molecule has 0 aromatic heterocycles. The summed E-state index contributed by atoms with van der Waals surface area (Å²) in [5.41, 5.74) is 2.34. The van der Waals surface area contributed by atoms with Crippen molar-refractivity contribution in [3.05, 3.63) is 35.4 Å². The maximum atomic E-state index is 12.3. The summed E-state index contributed by atoms with van der Waals surface area (Å²) in [6, 6.07) is 6.78. The SMILES string of the molecule is CC[C@H](C)[C@H](NC(=O)[C@H]1Cc2ccccc2CN1)C(=O)O. The first-order valence-corrected chi connectivity index (χ1v) is 7.36. The Labute approximate surface area is 124 Å². The van der Waals surface area contributed by atoms with Gasteiger partial charge in [0.1, 0.15) is 6.04 Å². The molecule has 1 heterocycles. The average molecular weight is 290 g/mol. The van der Waals surface area contributed by atoms with Gasteiger partial charge >= 0.3 is 5.97 Å². The van der Waals surface area contributed by atoms with Crippen molar-refractivity contribution in [1.29, 1.82) is 0 Å². The summed E-state index contributed by atoms with van der Waals surface area (Å²) in [5, 5.41) is 15.1. The number of carboxylic acid groups (broad SMARTS) is 1. The van der Waals surface area contributed by atoms with Crippen LogP contribution in [-0.4, -0.2) is 29.1 Å². The summed E-state index contributed by atoms with van der Waals surface area (Å²) >= 11 is 0. The highest BCUT2D eigenvalue weighted by Crippen LogP contribution is 2.17. The Morgan fingerprint density at radius 3 is 2.67 bits per heavy atom.